The van der Waals surface area contributed by atoms with Gasteiger partial charge in [0.05, 0.1) is 5.92 Å². The molecule has 1 heterocycles. The molecular weight excluding hydrogens is 176 g/mol. The van der Waals surface area contributed by atoms with Crippen LogP contribution in [0.3, 0.4) is 0 Å². The molecule has 0 radical (unpaired) electrons. The largest absolute Gasteiger partial charge is 0.343 e. The van der Waals surface area contributed by atoms with Crippen molar-refractivity contribution in [3.8, 4) is 0 Å². The van der Waals surface area contributed by atoms with Crippen molar-refractivity contribution in [3.63, 3.8) is 0 Å². The summed E-state index contributed by atoms with van der Waals surface area (Å²) >= 11 is 0. The summed E-state index contributed by atoms with van der Waals surface area (Å²) in [5.74, 6) is 0.580. The normalized spacial score (nSPS) is 22.0. The van der Waals surface area contributed by atoms with E-state index >= 15 is 0 Å². The van der Waals surface area contributed by atoms with Crippen LogP contribution in [0.2, 0.25) is 0 Å². The fourth-order valence-electron chi connectivity index (χ4n) is 2.01. The number of nitrogens with zero attached hydrogens (tertiary/aromatic N) is 1. The minimum atomic E-state index is 0.232. The summed E-state index contributed by atoms with van der Waals surface area (Å²) in [7, 11) is 0. The van der Waals surface area contributed by atoms with Gasteiger partial charge in [0.15, 0.2) is 0 Å². The summed E-state index contributed by atoms with van der Waals surface area (Å²) in [5, 5.41) is 3.29. The Labute approximate surface area is 86.9 Å². The number of carbonyl (C=O) groups excluding carboxylic acids is 1. The average Bonchev–Trinajstić information content (AvgIpc) is 2.26. The van der Waals surface area contributed by atoms with Gasteiger partial charge in [-0.05, 0) is 32.7 Å². The molecule has 3 nitrogen and oxygen atoms in total. The second kappa shape index (κ2) is 6.02. The minimum absolute atomic E-state index is 0.232. The first-order chi connectivity index (χ1) is 6.79. The maximum Gasteiger partial charge on any atom is 0.226 e. The molecule has 0 bridgehead atoms. The molecule has 1 aliphatic heterocycles. The van der Waals surface area contributed by atoms with Crippen LogP contribution in [-0.2, 0) is 4.79 Å². The van der Waals surface area contributed by atoms with E-state index in [0.717, 1.165) is 45.4 Å². The Morgan fingerprint density at radius 3 is 2.79 bits per heavy atom. The first kappa shape index (κ1) is 11.5. The van der Waals surface area contributed by atoms with Crippen LogP contribution in [0.25, 0.3) is 0 Å². The molecule has 3 heteroatoms. The highest BCUT2D eigenvalue weighted by Crippen LogP contribution is 2.13. The summed E-state index contributed by atoms with van der Waals surface area (Å²) in [6.45, 7) is 7.89. The van der Waals surface area contributed by atoms with E-state index in [2.05, 4.69) is 19.2 Å². The molecule has 14 heavy (non-hydrogen) atoms. The van der Waals surface area contributed by atoms with Crippen LogP contribution in [0.5, 0.6) is 0 Å². The highest BCUT2D eigenvalue weighted by atomic mass is 16.2. The third-order valence-corrected chi connectivity index (χ3v) is 2.83. The lowest BCUT2D eigenvalue weighted by atomic mass is 9.98. The number of amides is 1. The van der Waals surface area contributed by atoms with Crippen LogP contribution in [0.1, 0.15) is 33.1 Å². The third kappa shape index (κ3) is 2.98. The first-order valence-corrected chi connectivity index (χ1v) is 5.79. The standard InChI is InChI=1S/C11H22N2O/c1-3-8-13(4-2)11(14)10-6-5-7-12-9-10/h10,12H,3-9H2,1-2H3/t10-/m1/s1. The summed E-state index contributed by atoms with van der Waals surface area (Å²) < 4.78 is 0. The van der Waals surface area contributed by atoms with E-state index in [0.29, 0.717) is 5.91 Å². The van der Waals surface area contributed by atoms with E-state index in [1.54, 1.807) is 0 Å². The molecule has 1 aliphatic rings. The summed E-state index contributed by atoms with van der Waals surface area (Å²) in [4.78, 5) is 14.0. The topological polar surface area (TPSA) is 32.3 Å². The molecule has 1 rings (SSSR count). The predicted octanol–water partition coefficient (Wildman–Crippen LogP) is 1.24. The van der Waals surface area contributed by atoms with Crippen molar-refractivity contribution in [1.82, 2.24) is 10.2 Å². The van der Waals surface area contributed by atoms with Crippen LogP contribution >= 0.6 is 0 Å². The molecule has 82 valence electrons. The van der Waals surface area contributed by atoms with E-state index in [9.17, 15) is 4.79 Å². The molecular formula is C11H22N2O. The maximum absolute atomic E-state index is 12.0. The number of piperidine rings is 1. The van der Waals surface area contributed by atoms with Gasteiger partial charge in [-0.1, -0.05) is 6.92 Å². The van der Waals surface area contributed by atoms with E-state index < -0.39 is 0 Å². The van der Waals surface area contributed by atoms with Crippen molar-refractivity contribution in [2.24, 2.45) is 5.92 Å². The lowest BCUT2D eigenvalue weighted by Gasteiger charge is -2.28. The van der Waals surface area contributed by atoms with Gasteiger partial charge in [-0.3, -0.25) is 4.79 Å². The van der Waals surface area contributed by atoms with Crippen LogP contribution in [0.15, 0.2) is 0 Å². The Hall–Kier alpha value is -0.570. The zero-order chi connectivity index (χ0) is 10.4. The van der Waals surface area contributed by atoms with Crippen molar-refractivity contribution in [2.75, 3.05) is 26.2 Å². The van der Waals surface area contributed by atoms with Crippen LogP contribution in [0.4, 0.5) is 0 Å². The number of carbonyl (C=O) groups is 1. The van der Waals surface area contributed by atoms with E-state index in [-0.39, 0.29) is 5.92 Å². The Balaban J connectivity index is 2.43. The van der Waals surface area contributed by atoms with Gasteiger partial charge < -0.3 is 10.2 Å². The molecule has 0 aromatic heterocycles. The summed E-state index contributed by atoms with van der Waals surface area (Å²) in [6.07, 6.45) is 3.26. The Bertz CT molecular complexity index is 169. The molecule has 0 unspecified atom stereocenters. The van der Waals surface area contributed by atoms with Crippen molar-refractivity contribution < 1.29 is 4.79 Å². The van der Waals surface area contributed by atoms with Crippen LogP contribution < -0.4 is 5.32 Å². The van der Waals surface area contributed by atoms with Crippen molar-refractivity contribution in [1.29, 1.82) is 0 Å². The molecule has 1 atom stereocenters. The Morgan fingerprint density at radius 1 is 1.50 bits per heavy atom. The van der Waals surface area contributed by atoms with Gasteiger partial charge in [0.1, 0.15) is 0 Å². The van der Waals surface area contributed by atoms with Gasteiger partial charge in [-0.2, -0.15) is 0 Å². The summed E-state index contributed by atoms with van der Waals surface area (Å²) in [6, 6.07) is 0. The second-order valence-corrected chi connectivity index (χ2v) is 3.96. The minimum Gasteiger partial charge on any atom is -0.343 e. The van der Waals surface area contributed by atoms with E-state index in [1.807, 2.05) is 4.90 Å². The molecule has 1 amide bonds. The second-order valence-electron chi connectivity index (χ2n) is 3.96. The van der Waals surface area contributed by atoms with Gasteiger partial charge in [0.2, 0.25) is 5.91 Å². The molecule has 1 fully saturated rings. The van der Waals surface area contributed by atoms with E-state index in [1.165, 1.54) is 0 Å². The molecule has 1 saturated heterocycles. The number of rotatable bonds is 4. The molecule has 0 aromatic carbocycles. The lowest BCUT2D eigenvalue weighted by Crippen LogP contribution is -2.43. The maximum atomic E-state index is 12.0. The van der Waals surface area contributed by atoms with Gasteiger partial charge in [0, 0.05) is 19.6 Å². The Kier molecular flexibility index (Phi) is 4.94. The number of nitrogens with one attached hydrogen (secondary N) is 1. The predicted molar refractivity (Wildman–Crippen MR) is 58.1 cm³/mol. The van der Waals surface area contributed by atoms with Gasteiger partial charge in [-0.25, -0.2) is 0 Å². The lowest BCUT2D eigenvalue weighted by molar-refractivity contribution is -0.135. The van der Waals surface area contributed by atoms with Crippen molar-refractivity contribution in [2.45, 2.75) is 33.1 Å². The molecule has 1 N–H and O–H groups in total. The SMILES string of the molecule is CCCN(CC)C(=O)[C@@H]1CCCNC1. The monoisotopic (exact) mass is 198 g/mol. The van der Waals surface area contributed by atoms with Crippen LogP contribution in [0, 0.1) is 5.92 Å². The fourth-order valence-corrected chi connectivity index (χ4v) is 2.01. The smallest absolute Gasteiger partial charge is 0.226 e. The van der Waals surface area contributed by atoms with Gasteiger partial charge >= 0.3 is 0 Å². The van der Waals surface area contributed by atoms with Crippen molar-refractivity contribution >= 4 is 5.91 Å². The molecule has 0 aliphatic carbocycles. The van der Waals surface area contributed by atoms with Gasteiger partial charge in [0.25, 0.3) is 0 Å². The zero-order valence-electron chi connectivity index (χ0n) is 9.38. The quantitative estimate of drug-likeness (QED) is 0.737. The molecule has 0 aromatic rings. The molecule has 0 spiro atoms. The first-order valence-electron chi connectivity index (χ1n) is 5.79. The zero-order valence-corrected chi connectivity index (χ0v) is 9.38. The number of hydrogen-bond donors (Lipinski definition) is 1. The highest BCUT2D eigenvalue weighted by molar-refractivity contribution is 5.79. The summed E-state index contributed by atoms with van der Waals surface area (Å²) in [5.41, 5.74) is 0. The fraction of sp³-hybridized carbons (Fsp3) is 0.909. The van der Waals surface area contributed by atoms with Crippen molar-refractivity contribution in [3.05, 3.63) is 0 Å². The third-order valence-electron chi connectivity index (χ3n) is 2.83. The number of hydrogen-bond acceptors (Lipinski definition) is 2. The van der Waals surface area contributed by atoms with Gasteiger partial charge in [-0.15, -0.1) is 0 Å². The van der Waals surface area contributed by atoms with Crippen LogP contribution in [-0.4, -0.2) is 37.0 Å². The van der Waals surface area contributed by atoms with E-state index in [4.69, 9.17) is 0 Å². The molecule has 0 saturated carbocycles. The highest BCUT2D eigenvalue weighted by Gasteiger charge is 2.24. The average molecular weight is 198 g/mol. The Morgan fingerprint density at radius 2 is 2.29 bits per heavy atom.